The summed E-state index contributed by atoms with van der Waals surface area (Å²) in [7, 11) is 0. The summed E-state index contributed by atoms with van der Waals surface area (Å²) in [6.45, 7) is 7.82. The zero-order chi connectivity index (χ0) is 24.7. The molecule has 5 rings (SSSR count). The highest BCUT2D eigenvalue weighted by molar-refractivity contribution is 8.00. The number of aryl methyl sites for hydroxylation is 2. The number of hydrogen-bond donors (Lipinski definition) is 1. The van der Waals surface area contributed by atoms with Gasteiger partial charge in [0.1, 0.15) is 0 Å². The summed E-state index contributed by atoms with van der Waals surface area (Å²) in [5, 5.41) is 12.4. The third-order valence-electron chi connectivity index (χ3n) is 6.15. The van der Waals surface area contributed by atoms with Gasteiger partial charge in [-0.3, -0.25) is 14.0 Å². The zero-order valence-corrected chi connectivity index (χ0v) is 20.8. The molecular weight excluding hydrogens is 458 g/mol. The summed E-state index contributed by atoms with van der Waals surface area (Å²) in [6.07, 6.45) is 0. The van der Waals surface area contributed by atoms with Crippen LogP contribution in [0.2, 0.25) is 0 Å². The molecule has 1 unspecified atom stereocenters. The van der Waals surface area contributed by atoms with Crippen LogP contribution in [0.15, 0.2) is 76.7 Å². The van der Waals surface area contributed by atoms with Crippen molar-refractivity contribution in [2.75, 3.05) is 5.32 Å². The van der Waals surface area contributed by atoms with E-state index in [0.717, 1.165) is 28.1 Å². The second-order valence-electron chi connectivity index (χ2n) is 8.61. The molecular formula is C27H25N5O2S. The van der Waals surface area contributed by atoms with Gasteiger partial charge < -0.3 is 5.32 Å². The molecule has 1 atom stereocenters. The van der Waals surface area contributed by atoms with E-state index < -0.39 is 5.25 Å². The number of nitrogens with one attached hydrogen (secondary N) is 1. The van der Waals surface area contributed by atoms with Gasteiger partial charge in [-0.15, -0.1) is 10.2 Å². The van der Waals surface area contributed by atoms with E-state index in [0.29, 0.717) is 21.8 Å². The molecule has 0 saturated heterocycles. The Morgan fingerprint density at radius 1 is 0.971 bits per heavy atom. The molecule has 5 aromatic rings. The van der Waals surface area contributed by atoms with E-state index in [1.54, 1.807) is 10.6 Å². The molecule has 0 saturated carbocycles. The van der Waals surface area contributed by atoms with E-state index >= 15 is 0 Å². The van der Waals surface area contributed by atoms with Gasteiger partial charge in [-0.05, 0) is 74.7 Å². The lowest BCUT2D eigenvalue weighted by atomic mass is 10.1. The van der Waals surface area contributed by atoms with Crippen molar-refractivity contribution in [1.29, 1.82) is 0 Å². The van der Waals surface area contributed by atoms with Gasteiger partial charge in [-0.1, -0.05) is 48.2 Å². The quantitative estimate of drug-likeness (QED) is 0.353. The van der Waals surface area contributed by atoms with Crippen molar-refractivity contribution in [2.24, 2.45) is 0 Å². The maximum atomic E-state index is 13.6. The van der Waals surface area contributed by atoms with Gasteiger partial charge in [0.2, 0.25) is 11.7 Å². The van der Waals surface area contributed by atoms with Gasteiger partial charge in [0, 0.05) is 5.69 Å². The topological polar surface area (TPSA) is 81.3 Å². The summed E-state index contributed by atoms with van der Waals surface area (Å²) in [6, 6.07) is 21.0. The molecule has 7 nitrogen and oxygen atoms in total. The molecule has 3 aromatic carbocycles. The van der Waals surface area contributed by atoms with Crippen molar-refractivity contribution in [1.82, 2.24) is 19.2 Å². The molecule has 1 amide bonds. The Hall–Kier alpha value is -3.91. The summed E-state index contributed by atoms with van der Waals surface area (Å²) >= 11 is 1.31. The number of para-hydroxylation sites is 1. The predicted molar refractivity (Wildman–Crippen MR) is 141 cm³/mol. The smallest absolute Gasteiger partial charge is 0.267 e. The third-order valence-corrected chi connectivity index (χ3v) is 7.19. The van der Waals surface area contributed by atoms with E-state index in [9.17, 15) is 9.59 Å². The van der Waals surface area contributed by atoms with Crippen LogP contribution in [-0.2, 0) is 4.79 Å². The number of amides is 1. The van der Waals surface area contributed by atoms with Crippen molar-refractivity contribution in [3.63, 3.8) is 0 Å². The number of benzene rings is 3. The molecule has 35 heavy (non-hydrogen) atoms. The van der Waals surface area contributed by atoms with Crippen LogP contribution in [0.5, 0.6) is 0 Å². The fourth-order valence-electron chi connectivity index (χ4n) is 4.13. The summed E-state index contributed by atoms with van der Waals surface area (Å²) in [5.74, 6) is 0.278. The highest BCUT2D eigenvalue weighted by Gasteiger charge is 2.23. The monoisotopic (exact) mass is 483 g/mol. The summed E-state index contributed by atoms with van der Waals surface area (Å²) < 4.78 is 3.47. The van der Waals surface area contributed by atoms with Gasteiger partial charge in [-0.25, -0.2) is 4.57 Å². The highest BCUT2D eigenvalue weighted by Crippen LogP contribution is 2.28. The Bertz CT molecular complexity index is 1650. The van der Waals surface area contributed by atoms with Crippen LogP contribution < -0.4 is 10.9 Å². The largest absolute Gasteiger partial charge is 0.325 e. The number of thioether (sulfide) groups is 1. The lowest BCUT2D eigenvalue weighted by Gasteiger charge is -2.15. The average molecular weight is 484 g/mol. The zero-order valence-electron chi connectivity index (χ0n) is 19.9. The second kappa shape index (κ2) is 9.03. The average Bonchev–Trinajstić information content (AvgIpc) is 3.25. The molecule has 0 fully saturated rings. The van der Waals surface area contributed by atoms with E-state index in [1.807, 2.05) is 92.8 Å². The van der Waals surface area contributed by atoms with Crippen molar-refractivity contribution in [2.45, 2.75) is 38.1 Å². The van der Waals surface area contributed by atoms with Crippen LogP contribution in [0, 0.1) is 20.8 Å². The minimum atomic E-state index is -0.442. The second-order valence-corrected chi connectivity index (χ2v) is 9.92. The van der Waals surface area contributed by atoms with E-state index in [-0.39, 0.29) is 11.5 Å². The third kappa shape index (κ3) is 4.10. The summed E-state index contributed by atoms with van der Waals surface area (Å²) in [5.41, 5.74) is 5.21. The fraction of sp³-hybridized carbons (Fsp3) is 0.185. The van der Waals surface area contributed by atoms with Crippen LogP contribution in [0.25, 0.3) is 22.4 Å². The Labute approximate surface area is 206 Å². The van der Waals surface area contributed by atoms with Crippen LogP contribution in [0.1, 0.15) is 23.6 Å². The van der Waals surface area contributed by atoms with Gasteiger partial charge in [0.25, 0.3) is 5.56 Å². The predicted octanol–water partition coefficient (Wildman–Crippen LogP) is 5.08. The number of carbonyl (C=O) groups excluding carboxylic acids is 1. The Balaban J connectivity index is 1.62. The molecule has 176 valence electrons. The minimum Gasteiger partial charge on any atom is -0.325 e. The Kier molecular flexibility index (Phi) is 5.90. The molecule has 0 aliphatic heterocycles. The van der Waals surface area contributed by atoms with Gasteiger partial charge in [0.05, 0.1) is 21.8 Å². The molecule has 0 bridgehead atoms. The molecule has 8 heteroatoms. The number of hydrogen-bond acceptors (Lipinski definition) is 5. The van der Waals surface area contributed by atoms with E-state index in [1.165, 1.54) is 11.8 Å². The van der Waals surface area contributed by atoms with Crippen LogP contribution in [0.4, 0.5) is 5.69 Å². The maximum absolute atomic E-state index is 13.6. The normalized spacial score (nSPS) is 12.2. The Morgan fingerprint density at radius 3 is 2.54 bits per heavy atom. The van der Waals surface area contributed by atoms with Gasteiger partial charge in [-0.2, -0.15) is 0 Å². The molecule has 0 aliphatic carbocycles. The summed E-state index contributed by atoms with van der Waals surface area (Å²) in [4.78, 5) is 26.5. The van der Waals surface area contributed by atoms with Crippen molar-refractivity contribution in [3.8, 4) is 5.69 Å². The SMILES string of the molecule is Cc1cccc(NC(=O)C(C)Sc2nnc3n(-c4cccc(C)c4C)c(=O)c4ccccc4n23)c1. The van der Waals surface area contributed by atoms with E-state index in [2.05, 4.69) is 15.5 Å². The number of aromatic nitrogens is 4. The first-order chi connectivity index (χ1) is 16.8. The van der Waals surface area contributed by atoms with Crippen molar-refractivity contribution < 1.29 is 4.79 Å². The molecule has 2 heterocycles. The van der Waals surface area contributed by atoms with Crippen LogP contribution >= 0.6 is 11.8 Å². The highest BCUT2D eigenvalue weighted by atomic mass is 32.2. The first kappa shape index (κ1) is 22.9. The first-order valence-corrected chi connectivity index (χ1v) is 12.2. The van der Waals surface area contributed by atoms with Crippen LogP contribution in [-0.4, -0.2) is 30.3 Å². The molecule has 2 aromatic heterocycles. The Morgan fingerprint density at radius 2 is 1.74 bits per heavy atom. The lowest BCUT2D eigenvalue weighted by Crippen LogP contribution is -2.24. The lowest BCUT2D eigenvalue weighted by molar-refractivity contribution is -0.115. The number of rotatable bonds is 5. The fourth-order valence-corrected chi connectivity index (χ4v) is 4.98. The van der Waals surface area contributed by atoms with Gasteiger partial charge >= 0.3 is 0 Å². The standard InChI is InChI=1S/C27H25N5O2S/c1-16-9-7-11-20(15-16)28-24(33)19(4)35-27-30-29-26-31(22-14-8-10-17(2)18(22)3)25(34)21-12-5-6-13-23(21)32(26)27/h5-15,19H,1-4H3,(H,28,33). The van der Waals surface area contributed by atoms with Crippen molar-refractivity contribution >= 4 is 40.0 Å². The molecule has 0 spiro atoms. The molecule has 0 radical (unpaired) electrons. The van der Waals surface area contributed by atoms with Gasteiger partial charge in [0.15, 0.2) is 5.16 Å². The van der Waals surface area contributed by atoms with Crippen LogP contribution in [0.3, 0.4) is 0 Å². The number of nitrogens with zero attached hydrogens (tertiary/aromatic N) is 4. The number of anilines is 1. The van der Waals surface area contributed by atoms with Crippen molar-refractivity contribution in [3.05, 3.63) is 93.8 Å². The van der Waals surface area contributed by atoms with E-state index in [4.69, 9.17) is 0 Å². The first-order valence-electron chi connectivity index (χ1n) is 11.3. The molecule has 0 aliphatic rings. The molecule has 1 N–H and O–H groups in total. The number of fused-ring (bicyclic) bond motifs is 3. The number of carbonyl (C=O) groups is 1. The minimum absolute atomic E-state index is 0.135. The maximum Gasteiger partial charge on any atom is 0.267 e.